The lowest BCUT2D eigenvalue weighted by molar-refractivity contribution is 0.0944. The fourth-order valence-electron chi connectivity index (χ4n) is 1.78. The highest BCUT2D eigenvalue weighted by Gasteiger charge is 2.12. The van der Waals surface area contributed by atoms with Gasteiger partial charge in [0.2, 0.25) is 0 Å². The van der Waals surface area contributed by atoms with Crippen molar-refractivity contribution < 1.29 is 9.90 Å². The van der Waals surface area contributed by atoms with Crippen molar-refractivity contribution in [2.75, 3.05) is 19.7 Å². The number of carbonyl (C=O) groups is 1. The van der Waals surface area contributed by atoms with Gasteiger partial charge in [-0.25, -0.2) is 0 Å². The first-order chi connectivity index (χ1) is 8.54. The highest BCUT2D eigenvalue weighted by atomic mass is 79.9. The topological polar surface area (TPSA) is 40.5 Å². The molecule has 0 amide bonds. The smallest absolute Gasteiger partial charge is 0.164 e. The van der Waals surface area contributed by atoms with Crippen LogP contribution in [0.1, 0.15) is 30.6 Å². The molecule has 0 saturated heterocycles. The zero-order valence-electron chi connectivity index (χ0n) is 10.9. The minimum Gasteiger partial charge on any atom is -0.395 e. The monoisotopic (exact) mass is 313 g/mol. The summed E-state index contributed by atoms with van der Waals surface area (Å²) in [5.41, 5.74) is 0.742. The fourth-order valence-corrected chi connectivity index (χ4v) is 2.05. The van der Waals surface area contributed by atoms with Crippen LogP contribution in [0.5, 0.6) is 0 Å². The summed E-state index contributed by atoms with van der Waals surface area (Å²) >= 11 is 3.35. The molecule has 0 heterocycles. The Hall–Kier alpha value is -0.710. The highest BCUT2D eigenvalue weighted by molar-refractivity contribution is 9.10. The summed E-state index contributed by atoms with van der Waals surface area (Å²) in [6.45, 7) is 5.57. The molecule has 0 aliphatic heterocycles. The zero-order valence-corrected chi connectivity index (χ0v) is 12.5. The number of aliphatic hydroxyl groups is 1. The van der Waals surface area contributed by atoms with E-state index in [2.05, 4.69) is 34.7 Å². The first-order valence-corrected chi connectivity index (χ1v) is 6.97. The third-order valence-electron chi connectivity index (χ3n) is 2.91. The van der Waals surface area contributed by atoms with Gasteiger partial charge >= 0.3 is 0 Å². The van der Waals surface area contributed by atoms with E-state index in [1.807, 2.05) is 24.3 Å². The molecular weight excluding hydrogens is 294 g/mol. The van der Waals surface area contributed by atoms with E-state index < -0.39 is 0 Å². The second-order valence-electron chi connectivity index (χ2n) is 4.53. The van der Waals surface area contributed by atoms with Crippen LogP contribution in [0.25, 0.3) is 0 Å². The van der Waals surface area contributed by atoms with Gasteiger partial charge in [-0.3, -0.25) is 9.69 Å². The van der Waals surface area contributed by atoms with Crippen molar-refractivity contribution in [1.29, 1.82) is 0 Å². The van der Waals surface area contributed by atoms with Crippen LogP contribution < -0.4 is 0 Å². The van der Waals surface area contributed by atoms with E-state index in [1.54, 1.807) is 0 Å². The van der Waals surface area contributed by atoms with E-state index in [1.165, 1.54) is 0 Å². The third kappa shape index (κ3) is 4.88. The van der Waals surface area contributed by atoms with Gasteiger partial charge in [-0.15, -0.1) is 0 Å². The summed E-state index contributed by atoms with van der Waals surface area (Å²) < 4.78 is 0.975. The molecule has 0 saturated carbocycles. The summed E-state index contributed by atoms with van der Waals surface area (Å²) in [6, 6.07) is 7.76. The van der Waals surface area contributed by atoms with Gasteiger partial charge in [0.05, 0.1) is 6.61 Å². The Morgan fingerprint density at radius 1 is 1.28 bits per heavy atom. The number of Topliss-reactive ketones (excluding diaryl/α,β-unsaturated/α-hetero) is 1. The fraction of sp³-hybridized carbons (Fsp3) is 0.500. The first kappa shape index (κ1) is 15.3. The summed E-state index contributed by atoms with van der Waals surface area (Å²) in [5.74, 6) is 0.145. The molecule has 0 aromatic heterocycles. The molecule has 0 aliphatic carbocycles. The molecule has 4 heteroatoms. The van der Waals surface area contributed by atoms with Crippen molar-refractivity contribution in [3.8, 4) is 0 Å². The Morgan fingerprint density at radius 2 is 1.89 bits per heavy atom. The SMILES string of the molecule is CC(C)N(CCO)CCC(=O)c1ccc(Br)cc1. The molecule has 100 valence electrons. The van der Waals surface area contributed by atoms with Crippen LogP contribution in [0.3, 0.4) is 0 Å². The largest absolute Gasteiger partial charge is 0.395 e. The van der Waals surface area contributed by atoms with Crippen LogP contribution in [0.2, 0.25) is 0 Å². The van der Waals surface area contributed by atoms with Crippen molar-refractivity contribution in [2.45, 2.75) is 26.3 Å². The molecule has 0 fully saturated rings. The van der Waals surface area contributed by atoms with Gasteiger partial charge < -0.3 is 5.11 Å². The molecule has 3 nitrogen and oxygen atoms in total. The number of nitrogens with zero attached hydrogens (tertiary/aromatic N) is 1. The van der Waals surface area contributed by atoms with Crippen molar-refractivity contribution in [3.05, 3.63) is 34.3 Å². The summed E-state index contributed by atoms with van der Waals surface area (Å²) in [4.78, 5) is 14.1. The minimum atomic E-state index is 0.130. The molecule has 18 heavy (non-hydrogen) atoms. The Kier molecular flexibility index (Phi) is 6.54. The molecule has 0 aliphatic rings. The third-order valence-corrected chi connectivity index (χ3v) is 3.44. The van der Waals surface area contributed by atoms with Gasteiger partial charge in [-0.1, -0.05) is 28.1 Å². The highest BCUT2D eigenvalue weighted by Crippen LogP contribution is 2.12. The number of rotatable bonds is 7. The van der Waals surface area contributed by atoms with Crippen LogP contribution in [0.4, 0.5) is 0 Å². The predicted octanol–water partition coefficient (Wildman–Crippen LogP) is 2.72. The molecule has 1 N–H and O–H groups in total. The molecule has 0 bridgehead atoms. The first-order valence-electron chi connectivity index (χ1n) is 6.18. The van der Waals surface area contributed by atoms with Gasteiger partial charge in [0, 0.05) is 35.6 Å². The average Bonchev–Trinajstić information content (AvgIpc) is 2.34. The predicted molar refractivity (Wildman–Crippen MR) is 76.9 cm³/mol. The second-order valence-corrected chi connectivity index (χ2v) is 5.45. The number of carbonyl (C=O) groups excluding carboxylic acids is 1. The number of halogens is 1. The van der Waals surface area contributed by atoms with E-state index >= 15 is 0 Å². The lowest BCUT2D eigenvalue weighted by atomic mass is 10.1. The zero-order chi connectivity index (χ0) is 13.5. The number of aliphatic hydroxyl groups excluding tert-OH is 1. The maximum atomic E-state index is 12.0. The van der Waals surface area contributed by atoms with Crippen LogP contribution in [-0.4, -0.2) is 41.5 Å². The molecule has 0 radical (unpaired) electrons. The van der Waals surface area contributed by atoms with Crippen LogP contribution in [0.15, 0.2) is 28.7 Å². The molecule has 1 aromatic carbocycles. The lowest BCUT2D eigenvalue weighted by Crippen LogP contribution is -2.35. The van der Waals surface area contributed by atoms with Gasteiger partial charge in [0.1, 0.15) is 0 Å². The summed E-state index contributed by atoms with van der Waals surface area (Å²) in [5, 5.41) is 8.97. The maximum Gasteiger partial charge on any atom is 0.164 e. The van der Waals surface area contributed by atoms with E-state index in [0.29, 0.717) is 25.6 Å². The number of hydrogen-bond donors (Lipinski definition) is 1. The quantitative estimate of drug-likeness (QED) is 0.787. The number of ketones is 1. The minimum absolute atomic E-state index is 0.130. The Morgan fingerprint density at radius 3 is 2.39 bits per heavy atom. The van der Waals surface area contributed by atoms with Crippen molar-refractivity contribution in [3.63, 3.8) is 0 Å². The van der Waals surface area contributed by atoms with Crippen LogP contribution in [-0.2, 0) is 0 Å². The van der Waals surface area contributed by atoms with Gasteiger partial charge in [-0.05, 0) is 26.0 Å². The van der Waals surface area contributed by atoms with Crippen molar-refractivity contribution in [1.82, 2.24) is 4.90 Å². The second kappa shape index (κ2) is 7.67. The molecule has 0 unspecified atom stereocenters. The molecule has 0 spiro atoms. The average molecular weight is 314 g/mol. The standard InChI is InChI=1S/C14H20BrNO2/c1-11(2)16(9-10-17)8-7-14(18)12-3-5-13(15)6-4-12/h3-6,11,17H,7-10H2,1-2H3. The van der Waals surface area contributed by atoms with E-state index in [-0.39, 0.29) is 12.4 Å². The van der Waals surface area contributed by atoms with E-state index in [0.717, 1.165) is 10.0 Å². The van der Waals surface area contributed by atoms with Gasteiger partial charge in [0.25, 0.3) is 0 Å². The van der Waals surface area contributed by atoms with E-state index in [9.17, 15) is 4.79 Å². The lowest BCUT2D eigenvalue weighted by Gasteiger charge is -2.25. The van der Waals surface area contributed by atoms with Crippen LogP contribution in [0, 0.1) is 0 Å². The Balaban J connectivity index is 2.51. The molecule has 0 atom stereocenters. The van der Waals surface area contributed by atoms with Crippen LogP contribution >= 0.6 is 15.9 Å². The Labute approximate surface area is 117 Å². The molecule has 1 rings (SSSR count). The Bertz CT molecular complexity index is 376. The van der Waals surface area contributed by atoms with Gasteiger partial charge in [0.15, 0.2) is 5.78 Å². The molecule has 1 aromatic rings. The van der Waals surface area contributed by atoms with Crippen molar-refractivity contribution >= 4 is 21.7 Å². The summed E-state index contributed by atoms with van der Waals surface area (Å²) in [6.07, 6.45) is 0.486. The summed E-state index contributed by atoms with van der Waals surface area (Å²) in [7, 11) is 0. The molecular formula is C14H20BrNO2. The number of hydrogen-bond acceptors (Lipinski definition) is 3. The number of benzene rings is 1. The normalized spacial score (nSPS) is 11.2. The van der Waals surface area contributed by atoms with E-state index in [4.69, 9.17) is 5.11 Å². The van der Waals surface area contributed by atoms with Crippen molar-refractivity contribution in [2.24, 2.45) is 0 Å². The maximum absolute atomic E-state index is 12.0. The van der Waals surface area contributed by atoms with Gasteiger partial charge in [-0.2, -0.15) is 0 Å².